The van der Waals surface area contributed by atoms with Crippen LogP contribution in [0, 0.1) is 18.8 Å². The van der Waals surface area contributed by atoms with E-state index >= 15 is 0 Å². The number of carbonyl (C=O) groups is 2. The maximum Gasteiger partial charge on any atom is 0.407 e. The smallest absolute Gasteiger partial charge is 0.407 e. The minimum Gasteiger partial charge on any atom is -0.450 e. The van der Waals surface area contributed by atoms with E-state index in [4.69, 9.17) is 4.74 Å². The van der Waals surface area contributed by atoms with Gasteiger partial charge in [0.05, 0.1) is 17.3 Å². The number of piperidine rings is 1. The number of alkyl carbamates (subject to hydrolysis) is 1. The summed E-state index contributed by atoms with van der Waals surface area (Å²) in [7, 11) is 0. The summed E-state index contributed by atoms with van der Waals surface area (Å²) in [4.78, 5) is 31.2. The molecule has 1 unspecified atom stereocenters. The van der Waals surface area contributed by atoms with E-state index in [1.165, 1.54) is 0 Å². The molecule has 1 atom stereocenters. The zero-order valence-electron chi connectivity index (χ0n) is 17.5. The number of rotatable bonds is 9. The van der Waals surface area contributed by atoms with Gasteiger partial charge in [0, 0.05) is 30.4 Å². The number of carbonyl (C=O) groups excluding carboxylic acids is 2. The number of amides is 2. The first-order valence-corrected chi connectivity index (χ1v) is 11.1. The number of aromatic nitrogens is 1. The fraction of sp³-hybridized carbons (Fsp3) is 0.750. The summed E-state index contributed by atoms with van der Waals surface area (Å²) in [6.07, 6.45) is 2.09. The molecule has 2 rings (SSSR count). The Hall–Kier alpha value is -1.67. The molecule has 2 amide bonds. The zero-order valence-corrected chi connectivity index (χ0v) is 18.3. The highest BCUT2D eigenvalue weighted by atomic mass is 32.1. The lowest BCUT2D eigenvalue weighted by molar-refractivity contribution is -0.126. The Morgan fingerprint density at radius 3 is 2.64 bits per heavy atom. The number of likely N-dealkylation sites (tertiary alicyclic amines) is 1. The Balaban J connectivity index is 1.74. The van der Waals surface area contributed by atoms with Gasteiger partial charge < -0.3 is 15.4 Å². The van der Waals surface area contributed by atoms with Gasteiger partial charge in [-0.1, -0.05) is 13.8 Å². The minimum atomic E-state index is -0.423. The van der Waals surface area contributed by atoms with Crippen molar-refractivity contribution in [2.45, 2.75) is 59.5 Å². The van der Waals surface area contributed by atoms with Crippen molar-refractivity contribution >= 4 is 23.3 Å². The molecule has 0 spiro atoms. The van der Waals surface area contributed by atoms with E-state index in [-0.39, 0.29) is 17.9 Å². The first-order valence-electron chi connectivity index (χ1n) is 10.2. The molecule has 1 saturated heterocycles. The summed E-state index contributed by atoms with van der Waals surface area (Å²) < 4.78 is 4.97. The normalized spacial score (nSPS) is 16.8. The molecule has 0 aromatic carbocycles. The highest BCUT2D eigenvalue weighted by Crippen LogP contribution is 2.20. The van der Waals surface area contributed by atoms with Crippen LogP contribution in [0.5, 0.6) is 0 Å². The SMILES string of the molecule is CCOC(=O)NC(CNC(=O)C1CCN(Cc2csc(C)n2)CC1)CC(C)C. The van der Waals surface area contributed by atoms with Crippen molar-refractivity contribution < 1.29 is 14.3 Å². The number of nitrogens with zero attached hydrogens (tertiary/aromatic N) is 2. The van der Waals surface area contributed by atoms with Crippen LogP contribution in [0.2, 0.25) is 0 Å². The second-order valence-electron chi connectivity index (χ2n) is 7.84. The molecule has 1 aliphatic rings. The largest absolute Gasteiger partial charge is 0.450 e. The van der Waals surface area contributed by atoms with Gasteiger partial charge in [-0.25, -0.2) is 9.78 Å². The van der Waals surface area contributed by atoms with Gasteiger partial charge in [0.1, 0.15) is 0 Å². The van der Waals surface area contributed by atoms with Crippen molar-refractivity contribution in [3.63, 3.8) is 0 Å². The maximum absolute atomic E-state index is 12.6. The van der Waals surface area contributed by atoms with Gasteiger partial charge in [-0.15, -0.1) is 11.3 Å². The third-order valence-corrected chi connectivity index (χ3v) is 5.71. The summed E-state index contributed by atoms with van der Waals surface area (Å²) in [5.41, 5.74) is 1.12. The van der Waals surface area contributed by atoms with Gasteiger partial charge >= 0.3 is 6.09 Å². The first-order chi connectivity index (χ1) is 13.4. The average molecular weight is 411 g/mol. The van der Waals surface area contributed by atoms with E-state index in [1.807, 2.05) is 6.92 Å². The van der Waals surface area contributed by atoms with E-state index in [1.54, 1.807) is 18.3 Å². The third-order valence-electron chi connectivity index (χ3n) is 4.89. The molecule has 158 valence electrons. The van der Waals surface area contributed by atoms with Crippen molar-refractivity contribution in [2.24, 2.45) is 11.8 Å². The molecule has 0 saturated carbocycles. The lowest BCUT2D eigenvalue weighted by Crippen LogP contribution is -2.47. The van der Waals surface area contributed by atoms with Crippen LogP contribution in [0.4, 0.5) is 4.79 Å². The van der Waals surface area contributed by atoms with E-state index in [9.17, 15) is 9.59 Å². The molecule has 0 radical (unpaired) electrons. The van der Waals surface area contributed by atoms with Crippen molar-refractivity contribution in [1.82, 2.24) is 20.5 Å². The van der Waals surface area contributed by atoms with Crippen LogP contribution in [0.3, 0.4) is 0 Å². The lowest BCUT2D eigenvalue weighted by Gasteiger charge is -2.31. The average Bonchev–Trinajstić information content (AvgIpc) is 3.04. The van der Waals surface area contributed by atoms with Gasteiger partial charge in [-0.05, 0) is 52.1 Å². The van der Waals surface area contributed by atoms with E-state index in [0.717, 1.165) is 49.6 Å². The van der Waals surface area contributed by atoms with Gasteiger partial charge in [-0.2, -0.15) is 0 Å². The predicted octanol–water partition coefficient (Wildman–Crippen LogP) is 2.94. The van der Waals surface area contributed by atoms with Crippen LogP contribution in [0.25, 0.3) is 0 Å². The summed E-state index contributed by atoms with van der Waals surface area (Å²) in [5.74, 6) is 0.542. The molecule has 0 bridgehead atoms. The molecule has 28 heavy (non-hydrogen) atoms. The molecule has 0 aliphatic carbocycles. The second kappa shape index (κ2) is 11.4. The minimum absolute atomic E-state index is 0.0377. The van der Waals surface area contributed by atoms with E-state index in [2.05, 4.69) is 39.7 Å². The van der Waals surface area contributed by atoms with Gasteiger partial charge in [0.2, 0.25) is 5.91 Å². The first kappa shape index (κ1) is 22.6. The third kappa shape index (κ3) is 7.75. The number of ether oxygens (including phenoxy) is 1. The summed E-state index contributed by atoms with van der Waals surface area (Å²) in [6, 6.07) is -0.115. The topological polar surface area (TPSA) is 83.6 Å². The van der Waals surface area contributed by atoms with Crippen molar-refractivity contribution in [1.29, 1.82) is 0 Å². The molecule has 1 aromatic rings. The highest BCUT2D eigenvalue weighted by Gasteiger charge is 2.26. The molecular weight excluding hydrogens is 376 g/mol. The van der Waals surface area contributed by atoms with Crippen LogP contribution in [0.15, 0.2) is 5.38 Å². The molecule has 8 heteroatoms. The van der Waals surface area contributed by atoms with Gasteiger partial charge in [0.25, 0.3) is 0 Å². The Labute approximate surface area is 172 Å². The van der Waals surface area contributed by atoms with Gasteiger partial charge in [0.15, 0.2) is 0 Å². The number of thiazole rings is 1. The van der Waals surface area contributed by atoms with Crippen LogP contribution in [-0.2, 0) is 16.1 Å². The summed E-state index contributed by atoms with van der Waals surface area (Å²) >= 11 is 1.68. The number of hydrogen-bond acceptors (Lipinski definition) is 6. The zero-order chi connectivity index (χ0) is 20.5. The Morgan fingerprint density at radius 2 is 2.07 bits per heavy atom. The number of nitrogens with one attached hydrogen (secondary N) is 2. The van der Waals surface area contributed by atoms with Crippen molar-refractivity contribution in [2.75, 3.05) is 26.2 Å². The molecule has 7 nitrogen and oxygen atoms in total. The van der Waals surface area contributed by atoms with E-state index in [0.29, 0.717) is 19.1 Å². The summed E-state index contributed by atoms with van der Waals surface area (Å²) in [6.45, 7) is 11.5. The standard InChI is InChI=1S/C20H34N4O3S/c1-5-27-20(26)23-17(10-14(2)3)11-21-19(25)16-6-8-24(9-7-16)12-18-13-28-15(4)22-18/h13-14,16-17H,5-12H2,1-4H3,(H,21,25)(H,23,26). The number of aryl methyl sites for hydroxylation is 1. The number of hydrogen-bond donors (Lipinski definition) is 2. The fourth-order valence-corrected chi connectivity index (χ4v) is 4.14. The monoisotopic (exact) mass is 410 g/mol. The predicted molar refractivity (Wildman–Crippen MR) is 111 cm³/mol. The molecule has 1 aromatic heterocycles. The maximum atomic E-state index is 12.6. The Kier molecular flexibility index (Phi) is 9.18. The molecule has 1 aliphatic heterocycles. The fourth-order valence-electron chi connectivity index (χ4n) is 3.53. The quantitative estimate of drug-likeness (QED) is 0.654. The Morgan fingerprint density at radius 1 is 1.36 bits per heavy atom. The van der Waals surface area contributed by atoms with Crippen molar-refractivity contribution in [3.05, 3.63) is 16.1 Å². The second-order valence-corrected chi connectivity index (χ2v) is 8.91. The van der Waals surface area contributed by atoms with E-state index < -0.39 is 6.09 Å². The lowest BCUT2D eigenvalue weighted by atomic mass is 9.95. The van der Waals surface area contributed by atoms with Crippen LogP contribution in [0.1, 0.15) is 50.7 Å². The van der Waals surface area contributed by atoms with Gasteiger partial charge in [-0.3, -0.25) is 9.69 Å². The molecular formula is C20H34N4O3S. The molecule has 2 N–H and O–H groups in total. The van der Waals surface area contributed by atoms with Crippen LogP contribution in [-0.4, -0.2) is 54.2 Å². The van der Waals surface area contributed by atoms with Crippen LogP contribution < -0.4 is 10.6 Å². The Bertz CT molecular complexity index is 627. The molecule has 1 fully saturated rings. The highest BCUT2D eigenvalue weighted by molar-refractivity contribution is 7.09. The van der Waals surface area contributed by atoms with Crippen LogP contribution >= 0.6 is 11.3 Å². The summed E-state index contributed by atoms with van der Waals surface area (Å²) in [5, 5.41) is 9.09. The molecule has 2 heterocycles. The van der Waals surface area contributed by atoms with Crippen molar-refractivity contribution in [3.8, 4) is 0 Å².